The van der Waals surface area contributed by atoms with E-state index in [1.807, 2.05) is 0 Å². The molecule has 0 radical (unpaired) electrons. The largest absolute Gasteiger partial charge is 0.463 e. The second-order valence-corrected chi connectivity index (χ2v) is 2.68. The molecule has 1 atom stereocenters. The Labute approximate surface area is 65.3 Å². The van der Waals surface area contributed by atoms with E-state index >= 15 is 0 Å². The van der Waals surface area contributed by atoms with Gasteiger partial charge in [-0.05, 0) is 6.92 Å². The van der Waals surface area contributed by atoms with Gasteiger partial charge in [0.05, 0.1) is 18.7 Å². The van der Waals surface area contributed by atoms with Crippen molar-refractivity contribution in [1.29, 1.82) is 0 Å². The van der Waals surface area contributed by atoms with E-state index in [1.54, 1.807) is 6.92 Å². The Morgan fingerprint density at radius 3 is 2.64 bits per heavy atom. The lowest BCUT2D eigenvalue weighted by molar-refractivity contribution is -0.144. The van der Waals surface area contributed by atoms with Crippen LogP contribution in [0, 0.1) is 0 Å². The van der Waals surface area contributed by atoms with Crippen molar-refractivity contribution in [2.24, 2.45) is 11.5 Å². The second-order valence-electron chi connectivity index (χ2n) is 2.68. The van der Waals surface area contributed by atoms with Crippen molar-refractivity contribution in [1.82, 2.24) is 0 Å². The van der Waals surface area contributed by atoms with Crippen LogP contribution >= 0.6 is 0 Å². The summed E-state index contributed by atoms with van der Waals surface area (Å²) in [4.78, 5) is 10.5. The van der Waals surface area contributed by atoms with Gasteiger partial charge in [-0.25, -0.2) is 0 Å². The standard InChI is InChI=1S/C6H14N2O3/c1-6(8,3-9)4-11-5(10)2-7/h9H,2-4,7-8H2,1H3. The van der Waals surface area contributed by atoms with E-state index in [-0.39, 0.29) is 19.8 Å². The van der Waals surface area contributed by atoms with Crippen LogP contribution in [-0.4, -0.2) is 36.4 Å². The van der Waals surface area contributed by atoms with Crippen molar-refractivity contribution in [2.45, 2.75) is 12.5 Å². The highest BCUT2D eigenvalue weighted by Crippen LogP contribution is 1.97. The minimum Gasteiger partial charge on any atom is -0.463 e. The summed E-state index contributed by atoms with van der Waals surface area (Å²) in [5, 5.41) is 8.63. The Balaban J connectivity index is 3.61. The van der Waals surface area contributed by atoms with Gasteiger partial charge in [-0.2, -0.15) is 0 Å². The lowest BCUT2D eigenvalue weighted by atomic mass is 10.1. The second kappa shape index (κ2) is 4.27. The number of rotatable bonds is 4. The molecule has 5 N–H and O–H groups in total. The molecule has 0 saturated heterocycles. The maximum atomic E-state index is 10.5. The fourth-order valence-corrected chi connectivity index (χ4v) is 0.350. The number of ether oxygens (including phenoxy) is 1. The highest BCUT2D eigenvalue weighted by Gasteiger charge is 2.18. The molecule has 0 bridgehead atoms. The number of carbonyl (C=O) groups excluding carboxylic acids is 1. The molecule has 0 fully saturated rings. The van der Waals surface area contributed by atoms with E-state index in [4.69, 9.17) is 16.6 Å². The van der Waals surface area contributed by atoms with E-state index in [2.05, 4.69) is 4.74 Å². The van der Waals surface area contributed by atoms with Gasteiger partial charge in [-0.15, -0.1) is 0 Å². The zero-order chi connectivity index (χ0) is 8.91. The predicted octanol–water partition coefficient (Wildman–Crippen LogP) is -1.80. The third-order valence-corrected chi connectivity index (χ3v) is 1.09. The molecule has 0 aromatic heterocycles. The Morgan fingerprint density at radius 2 is 2.27 bits per heavy atom. The summed E-state index contributed by atoms with van der Waals surface area (Å²) in [6, 6.07) is 0. The third-order valence-electron chi connectivity index (χ3n) is 1.09. The van der Waals surface area contributed by atoms with Crippen LogP contribution in [0.2, 0.25) is 0 Å². The van der Waals surface area contributed by atoms with Gasteiger partial charge in [0.15, 0.2) is 0 Å². The van der Waals surface area contributed by atoms with Gasteiger partial charge in [0.25, 0.3) is 0 Å². The van der Waals surface area contributed by atoms with Crippen molar-refractivity contribution in [3.05, 3.63) is 0 Å². The van der Waals surface area contributed by atoms with Crippen LogP contribution in [0.1, 0.15) is 6.92 Å². The summed E-state index contributed by atoms with van der Waals surface area (Å²) >= 11 is 0. The van der Waals surface area contributed by atoms with Gasteiger partial charge >= 0.3 is 5.97 Å². The molecule has 5 nitrogen and oxygen atoms in total. The Kier molecular flexibility index (Phi) is 4.02. The maximum absolute atomic E-state index is 10.5. The van der Waals surface area contributed by atoms with Gasteiger partial charge in [0, 0.05) is 0 Å². The number of nitrogens with two attached hydrogens (primary N) is 2. The minimum absolute atomic E-state index is 0.0144. The van der Waals surface area contributed by atoms with Crippen LogP contribution in [0.3, 0.4) is 0 Å². The van der Waals surface area contributed by atoms with E-state index in [0.29, 0.717) is 0 Å². The van der Waals surface area contributed by atoms with E-state index in [0.717, 1.165) is 0 Å². The van der Waals surface area contributed by atoms with Gasteiger partial charge in [0.1, 0.15) is 6.61 Å². The van der Waals surface area contributed by atoms with E-state index in [9.17, 15) is 4.79 Å². The highest BCUT2D eigenvalue weighted by molar-refractivity contribution is 5.71. The number of carbonyl (C=O) groups is 1. The minimum atomic E-state index is -0.870. The zero-order valence-electron chi connectivity index (χ0n) is 6.54. The van der Waals surface area contributed by atoms with Crippen molar-refractivity contribution in [3.8, 4) is 0 Å². The number of hydrogen-bond donors (Lipinski definition) is 3. The van der Waals surface area contributed by atoms with E-state index in [1.165, 1.54) is 0 Å². The molecular formula is C6H14N2O3. The van der Waals surface area contributed by atoms with Crippen LogP contribution < -0.4 is 11.5 Å². The monoisotopic (exact) mass is 162 g/mol. The summed E-state index contributed by atoms with van der Waals surface area (Å²) in [6.45, 7) is 1.17. The molecule has 0 aliphatic carbocycles. The lowest BCUT2D eigenvalue weighted by Gasteiger charge is -2.20. The molecule has 0 aliphatic heterocycles. The molecule has 5 heteroatoms. The molecule has 11 heavy (non-hydrogen) atoms. The molecule has 0 spiro atoms. The number of aliphatic hydroxyl groups excluding tert-OH is 1. The molecule has 0 rings (SSSR count). The van der Waals surface area contributed by atoms with Crippen LogP contribution in [-0.2, 0) is 9.53 Å². The molecule has 0 aliphatic rings. The highest BCUT2D eigenvalue weighted by atomic mass is 16.5. The Bertz CT molecular complexity index is 136. The summed E-state index contributed by atoms with van der Waals surface area (Å²) in [7, 11) is 0. The van der Waals surface area contributed by atoms with Gasteiger partial charge in [-0.1, -0.05) is 0 Å². The normalized spacial score (nSPS) is 15.6. The average molecular weight is 162 g/mol. The molecule has 0 aromatic rings. The zero-order valence-corrected chi connectivity index (χ0v) is 6.54. The van der Waals surface area contributed by atoms with Crippen LogP contribution in [0.15, 0.2) is 0 Å². The quantitative estimate of drug-likeness (QED) is 0.423. The Hall–Kier alpha value is -0.650. The summed E-state index contributed by atoms with van der Waals surface area (Å²) in [5.41, 5.74) is 9.55. The lowest BCUT2D eigenvalue weighted by Crippen LogP contribution is -2.45. The smallest absolute Gasteiger partial charge is 0.319 e. The first-order chi connectivity index (χ1) is 5.02. The fourth-order valence-electron chi connectivity index (χ4n) is 0.350. The summed E-state index contributed by atoms with van der Waals surface area (Å²) in [6.07, 6.45) is 0. The van der Waals surface area contributed by atoms with Crippen molar-refractivity contribution < 1.29 is 14.6 Å². The maximum Gasteiger partial charge on any atom is 0.319 e. The van der Waals surface area contributed by atoms with Crippen LogP contribution in [0.5, 0.6) is 0 Å². The van der Waals surface area contributed by atoms with Gasteiger partial charge < -0.3 is 21.3 Å². The van der Waals surface area contributed by atoms with Crippen molar-refractivity contribution in [3.63, 3.8) is 0 Å². The summed E-state index contributed by atoms with van der Waals surface area (Å²) < 4.78 is 4.60. The fraction of sp³-hybridized carbons (Fsp3) is 0.833. The predicted molar refractivity (Wildman–Crippen MR) is 39.7 cm³/mol. The van der Waals surface area contributed by atoms with E-state index < -0.39 is 11.5 Å². The average Bonchev–Trinajstić information content (AvgIpc) is 2.00. The van der Waals surface area contributed by atoms with Crippen molar-refractivity contribution >= 4 is 5.97 Å². The molecule has 66 valence electrons. The van der Waals surface area contributed by atoms with Gasteiger partial charge in [0.2, 0.25) is 0 Å². The first kappa shape index (κ1) is 10.3. The Morgan fingerprint density at radius 1 is 1.73 bits per heavy atom. The molecule has 0 heterocycles. The molecule has 0 aromatic carbocycles. The molecule has 1 unspecified atom stereocenters. The number of hydrogen-bond acceptors (Lipinski definition) is 5. The summed E-state index contributed by atoms with van der Waals surface area (Å²) in [5.74, 6) is -0.518. The van der Waals surface area contributed by atoms with Crippen molar-refractivity contribution in [2.75, 3.05) is 19.8 Å². The molecule has 0 amide bonds. The number of esters is 1. The number of aliphatic hydroxyl groups is 1. The topological polar surface area (TPSA) is 98.6 Å². The SMILES string of the molecule is CC(N)(CO)COC(=O)CN. The van der Waals surface area contributed by atoms with Gasteiger partial charge in [-0.3, -0.25) is 4.79 Å². The van der Waals surface area contributed by atoms with Crippen LogP contribution in [0.4, 0.5) is 0 Å². The first-order valence-corrected chi connectivity index (χ1v) is 3.27. The first-order valence-electron chi connectivity index (χ1n) is 3.27. The molecule has 0 saturated carbocycles. The molecular weight excluding hydrogens is 148 g/mol. The van der Waals surface area contributed by atoms with Crippen LogP contribution in [0.25, 0.3) is 0 Å². The third kappa shape index (κ3) is 4.72.